The van der Waals surface area contributed by atoms with Gasteiger partial charge in [0, 0.05) is 37.3 Å². The van der Waals surface area contributed by atoms with Crippen LogP contribution in [0.5, 0.6) is 0 Å². The van der Waals surface area contributed by atoms with Crippen molar-refractivity contribution in [3.05, 3.63) is 77.2 Å². The Morgan fingerprint density at radius 1 is 1.07 bits per heavy atom. The van der Waals surface area contributed by atoms with E-state index < -0.39 is 30.7 Å². The molecule has 1 aliphatic carbocycles. The van der Waals surface area contributed by atoms with Crippen molar-refractivity contribution in [3.63, 3.8) is 0 Å². The Bertz CT molecular complexity index is 1610. The number of hydrogen-bond acceptors (Lipinski definition) is 5. The third-order valence-electron chi connectivity index (χ3n) is 7.26. The second-order valence-corrected chi connectivity index (χ2v) is 10.3. The molecular formula is C31H29F4N3O4. The minimum atomic E-state index is -4.44. The van der Waals surface area contributed by atoms with E-state index in [0.717, 1.165) is 12.8 Å². The lowest BCUT2D eigenvalue weighted by atomic mass is 9.96. The molecule has 7 nitrogen and oxygen atoms in total. The maximum Gasteiger partial charge on any atom is 0.389 e. The Labute approximate surface area is 239 Å². The summed E-state index contributed by atoms with van der Waals surface area (Å²) < 4.78 is 64.6. The highest BCUT2D eigenvalue weighted by molar-refractivity contribution is 6.11. The minimum absolute atomic E-state index is 0.0328. The number of nitrogens with zero attached hydrogens (tertiary/aromatic N) is 1. The fraction of sp³-hybridized carbons (Fsp3) is 0.323. The second kappa shape index (κ2) is 11.9. The van der Waals surface area contributed by atoms with E-state index in [1.54, 1.807) is 37.4 Å². The summed E-state index contributed by atoms with van der Waals surface area (Å²) in [5.41, 5.74) is 1.67. The molecule has 1 saturated carbocycles. The maximum absolute atomic E-state index is 13.6. The number of benzene rings is 2. The molecule has 2 N–H and O–H groups in total. The van der Waals surface area contributed by atoms with Gasteiger partial charge in [-0.3, -0.25) is 9.59 Å². The van der Waals surface area contributed by atoms with Crippen LogP contribution in [0.1, 0.15) is 45.7 Å². The highest BCUT2D eigenvalue weighted by atomic mass is 19.4. The largest absolute Gasteiger partial charge is 0.437 e. The van der Waals surface area contributed by atoms with Crippen LogP contribution in [0.2, 0.25) is 0 Å². The fourth-order valence-electron chi connectivity index (χ4n) is 4.97. The van der Waals surface area contributed by atoms with E-state index in [4.69, 9.17) is 9.15 Å². The van der Waals surface area contributed by atoms with Gasteiger partial charge < -0.3 is 19.8 Å². The summed E-state index contributed by atoms with van der Waals surface area (Å²) in [6, 6.07) is 13.2. The molecule has 1 atom stereocenters. The zero-order valence-corrected chi connectivity index (χ0v) is 23.0. The number of carbonyl (C=O) groups excluding carboxylic acids is 2. The van der Waals surface area contributed by atoms with Crippen LogP contribution < -0.4 is 10.6 Å². The summed E-state index contributed by atoms with van der Waals surface area (Å²) >= 11 is 0. The number of furan rings is 1. The van der Waals surface area contributed by atoms with Crippen molar-refractivity contribution in [3.8, 4) is 22.5 Å². The van der Waals surface area contributed by atoms with Gasteiger partial charge in [0.2, 0.25) is 5.71 Å². The van der Waals surface area contributed by atoms with Crippen LogP contribution in [0.15, 0.2) is 59.0 Å². The Kier molecular flexibility index (Phi) is 8.31. The number of halogens is 4. The Hall–Kier alpha value is -4.25. The van der Waals surface area contributed by atoms with Crippen molar-refractivity contribution >= 4 is 22.9 Å². The molecule has 2 aromatic heterocycles. The summed E-state index contributed by atoms with van der Waals surface area (Å²) in [6.45, 7) is 0.372. The number of fused-ring (bicyclic) bond motifs is 1. The van der Waals surface area contributed by atoms with Gasteiger partial charge in [-0.1, -0.05) is 12.1 Å². The van der Waals surface area contributed by atoms with Gasteiger partial charge in [-0.25, -0.2) is 9.37 Å². The van der Waals surface area contributed by atoms with Crippen molar-refractivity contribution in [1.82, 2.24) is 15.6 Å². The van der Waals surface area contributed by atoms with Gasteiger partial charge in [-0.15, -0.1) is 0 Å². The summed E-state index contributed by atoms with van der Waals surface area (Å²) in [5.74, 6) is -0.878. The molecule has 2 heterocycles. The van der Waals surface area contributed by atoms with Crippen molar-refractivity contribution in [2.45, 2.75) is 37.9 Å². The topological polar surface area (TPSA) is 93.5 Å². The normalized spacial score (nSPS) is 14.1. The first-order chi connectivity index (χ1) is 20.1. The van der Waals surface area contributed by atoms with Gasteiger partial charge in [-0.2, -0.15) is 13.2 Å². The molecule has 4 aromatic rings. The van der Waals surface area contributed by atoms with E-state index in [2.05, 4.69) is 15.6 Å². The smallest absolute Gasteiger partial charge is 0.389 e. The van der Waals surface area contributed by atoms with Crippen molar-refractivity contribution in [1.29, 1.82) is 0 Å². The predicted octanol–water partition coefficient (Wildman–Crippen LogP) is 6.31. The van der Waals surface area contributed by atoms with Crippen LogP contribution in [-0.2, 0) is 11.2 Å². The van der Waals surface area contributed by atoms with Gasteiger partial charge >= 0.3 is 6.18 Å². The lowest BCUT2D eigenvalue weighted by molar-refractivity contribution is -0.134. The average molecular weight is 584 g/mol. The van der Waals surface area contributed by atoms with Crippen molar-refractivity contribution in [2.24, 2.45) is 5.92 Å². The van der Waals surface area contributed by atoms with Crippen LogP contribution >= 0.6 is 0 Å². The van der Waals surface area contributed by atoms with E-state index in [-0.39, 0.29) is 40.1 Å². The van der Waals surface area contributed by atoms with Crippen molar-refractivity contribution in [2.75, 3.05) is 20.8 Å². The number of ether oxygens (including phenoxy) is 1. The first-order valence-corrected chi connectivity index (χ1v) is 13.5. The molecule has 2 amide bonds. The summed E-state index contributed by atoms with van der Waals surface area (Å²) in [6.07, 6.45) is -4.02. The molecule has 0 spiro atoms. The van der Waals surface area contributed by atoms with Crippen LogP contribution in [0.25, 0.3) is 33.6 Å². The fourth-order valence-corrected chi connectivity index (χ4v) is 4.97. The molecule has 220 valence electrons. The number of alkyl halides is 3. The van der Waals surface area contributed by atoms with Crippen LogP contribution in [0, 0.1) is 11.7 Å². The summed E-state index contributed by atoms with van der Waals surface area (Å²) in [7, 11) is 3.00. The third kappa shape index (κ3) is 6.46. The molecule has 42 heavy (non-hydrogen) atoms. The zero-order chi connectivity index (χ0) is 30.0. The van der Waals surface area contributed by atoms with E-state index in [1.807, 2.05) is 0 Å². The zero-order valence-electron chi connectivity index (χ0n) is 23.0. The number of amides is 2. The Balaban J connectivity index is 1.62. The molecule has 0 radical (unpaired) electrons. The van der Waals surface area contributed by atoms with Crippen LogP contribution in [0.4, 0.5) is 17.6 Å². The van der Waals surface area contributed by atoms with Gasteiger partial charge in [0.15, 0.2) is 0 Å². The molecule has 11 heteroatoms. The number of carbonyl (C=O) groups is 2. The van der Waals surface area contributed by atoms with E-state index in [9.17, 15) is 27.2 Å². The van der Waals surface area contributed by atoms with E-state index in [1.165, 1.54) is 31.3 Å². The lowest BCUT2D eigenvalue weighted by Crippen LogP contribution is -2.39. The van der Waals surface area contributed by atoms with Gasteiger partial charge in [-0.05, 0) is 73.2 Å². The molecule has 0 aliphatic heterocycles. The Morgan fingerprint density at radius 3 is 2.45 bits per heavy atom. The maximum atomic E-state index is 13.6. The molecule has 1 fully saturated rings. The minimum Gasteiger partial charge on any atom is -0.437 e. The molecule has 5 rings (SSSR count). The quantitative estimate of drug-likeness (QED) is 0.214. The van der Waals surface area contributed by atoms with Gasteiger partial charge in [0.25, 0.3) is 11.8 Å². The molecule has 0 saturated heterocycles. The number of pyridine rings is 1. The van der Waals surface area contributed by atoms with E-state index in [0.29, 0.717) is 34.8 Å². The highest BCUT2D eigenvalue weighted by Crippen LogP contribution is 2.38. The van der Waals surface area contributed by atoms with Crippen LogP contribution in [0.3, 0.4) is 0 Å². The summed E-state index contributed by atoms with van der Waals surface area (Å²) in [5, 5.41) is 5.82. The molecule has 2 aromatic carbocycles. The third-order valence-corrected chi connectivity index (χ3v) is 7.26. The van der Waals surface area contributed by atoms with Crippen LogP contribution in [-0.4, -0.2) is 49.8 Å². The molecule has 0 bridgehead atoms. The van der Waals surface area contributed by atoms with Gasteiger partial charge in [0.1, 0.15) is 11.6 Å². The van der Waals surface area contributed by atoms with E-state index >= 15 is 0 Å². The number of aryl methyl sites for hydroxylation is 1. The first kappa shape index (κ1) is 29.2. The highest BCUT2D eigenvalue weighted by Gasteiger charge is 2.33. The molecular weight excluding hydrogens is 554 g/mol. The SMILES string of the molecule is CNC(=O)c1c(-c2ccc(F)cc2)oc2nc(CCC(F)(F)F)c(-c3cccc(C(=O)NC(COC)C4CC4)c3)cc12. The molecule has 1 aliphatic rings. The monoisotopic (exact) mass is 583 g/mol. The van der Waals surface area contributed by atoms with Crippen molar-refractivity contribution < 1.29 is 36.3 Å². The lowest BCUT2D eigenvalue weighted by Gasteiger charge is -2.18. The number of methoxy groups -OCH3 is 1. The number of aromatic nitrogens is 1. The molecule has 1 unspecified atom stereocenters. The first-order valence-electron chi connectivity index (χ1n) is 13.5. The second-order valence-electron chi connectivity index (χ2n) is 10.3. The number of rotatable bonds is 10. The standard InChI is InChI=1S/C31H29F4N3O4/c1-36-29(40)26-23-15-22(19-4-3-5-20(14-19)28(39)37-25(16-41-2)17-6-7-17)24(12-13-31(33,34)35)38-30(23)42-27(26)18-8-10-21(32)11-9-18/h3-5,8-11,14-15,17,25H,6-7,12-13,16H2,1-2H3,(H,36,40)(H,37,39). The number of nitrogens with one attached hydrogen (secondary N) is 2. The predicted molar refractivity (Wildman–Crippen MR) is 148 cm³/mol. The number of hydrogen-bond donors (Lipinski definition) is 2. The summed E-state index contributed by atoms with van der Waals surface area (Å²) in [4.78, 5) is 30.6. The average Bonchev–Trinajstić information content (AvgIpc) is 3.75. The Morgan fingerprint density at radius 2 is 1.81 bits per heavy atom. The van der Waals surface area contributed by atoms with Gasteiger partial charge in [0.05, 0.1) is 29.3 Å².